The highest BCUT2D eigenvalue weighted by Gasteiger charge is 2.16. The van der Waals surface area contributed by atoms with Crippen molar-refractivity contribution in [3.05, 3.63) is 70.8 Å². The minimum absolute atomic E-state index is 0.0304. The van der Waals surface area contributed by atoms with Gasteiger partial charge in [-0.3, -0.25) is 4.79 Å². The highest BCUT2D eigenvalue weighted by molar-refractivity contribution is 5.78. The standard InChI is InChI=1S/C20H24F2N2O/c1-15-5-4-6-16(11-15)13-20(25)24(10-9-23(2)3)14-17-7-8-18(21)19(22)12-17/h4-8,11-12H,9-10,13-14H2,1-3H3. The molecule has 5 heteroatoms. The van der Waals surface area contributed by atoms with Gasteiger partial charge in [-0.1, -0.05) is 35.9 Å². The van der Waals surface area contributed by atoms with E-state index in [0.29, 0.717) is 25.1 Å². The molecule has 0 N–H and O–H groups in total. The molecule has 134 valence electrons. The molecule has 2 aromatic rings. The van der Waals surface area contributed by atoms with E-state index in [0.717, 1.165) is 23.3 Å². The summed E-state index contributed by atoms with van der Waals surface area (Å²) in [5.41, 5.74) is 2.63. The van der Waals surface area contributed by atoms with Crippen LogP contribution in [0.15, 0.2) is 42.5 Å². The quantitative estimate of drug-likeness (QED) is 0.767. The molecule has 0 fully saturated rings. The lowest BCUT2D eigenvalue weighted by Crippen LogP contribution is -2.37. The molecule has 0 radical (unpaired) electrons. The van der Waals surface area contributed by atoms with Crippen molar-refractivity contribution in [2.75, 3.05) is 27.2 Å². The molecule has 0 spiro atoms. The zero-order chi connectivity index (χ0) is 18.4. The third-order valence-electron chi connectivity index (χ3n) is 3.97. The van der Waals surface area contributed by atoms with Crippen molar-refractivity contribution in [1.29, 1.82) is 0 Å². The first-order chi connectivity index (χ1) is 11.8. The van der Waals surface area contributed by atoms with Crippen LogP contribution in [0.2, 0.25) is 0 Å². The molecule has 3 nitrogen and oxygen atoms in total. The molecular weight excluding hydrogens is 322 g/mol. The zero-order valence-corrected chi connectivity index (χ0v) is 14.9. The van der Waals surface area contributed by atoms with Crippen molar-refractivity contribution < 1.29 is 13.6 Å². The molecule has 25 heavy (non-hydrogen) atoms. The molecule has 0 bridgehead atoms. The fourth-order valence-electron chi connectivity index (χ4n) is 2.58. The number of carbonyl (C=O) groups is 1. The molecule has 0 heterocycles. The van der Waals surface area contributed by atoms with Crippen molar-refractivity contribution in [3.8, 4) is 0 Å². The van der Waals surface area contributed by atoms with Gasteiger partial charge in [0, 0.05) is 19.6 Å². The first-order valence-corrected chi connectivity index (χ1v) is 8.27. The van der Waals surface area contributed by atoms with Crippen molar-refractivity contribution >= 4 is 5.91 Å². The second kappa shape index (κ2) is 8.72. The van der Waals surface area contributed by atoms with Gasteiger partial charge < -0.3 is 9.80 Å². The second-order valence-corrected chi connectivity index (χ2v) is 6.53. The Balaban J connectivity index is 2.13. The summed E-state index contributed by atoms with van der Waals surface area (Å²) >= 11 is 0. The molecule has 1 amide bonds. The number of aryl methyl sites for hydroxylation is 1. The number of hydrogen-bond donors (Lipinski definition) is 0. The Bertz CT molecular complexity index is 731. The third kappa shape index (κ3) is 5.94. The topological polar surface area (TPSA) is 23.6 Å². The lowest BCUT2D eigenvalue weighted by Gasteiger charge is -2.25. The average molecular weight is 346 g/mol. The fourth-order valence-corrected chi connectivity index (χ4v) is 2.58. The maximum Gasteiger partial charge on any atom is 0.227 e. The van der Waals surface area contributed by atoms with Crippen LogP contribution in [-0.4, -0.2) is 42.9 Å². The molecule has 0 aliphatic rings. The Hall–Kier alpha value is -2.27. The molecular formula is C20H24F2N2O. The number of amides is 1. The summed E-state index contributed by atoms with van der Waals surface area (Å²) in [5, 5.41) is 0. The van der Waals surface area contributed by atoms with E-state index in [1.54, 1.807) is 4.90 Å². The third-order valence-corrected chi connectivity index (χ3v) is 3.97. The largest absolute Gasteiger partial charge is 0.337 e. The second-order valence-electron chi connectivity index (χ2n) is 6.53. The van der Waals surface area contributed by atoms with Gasteiger partial charge in [-0.25, -0.2) is 8.78 Å². The maximum atomic E-state index is 13.4. The lowest BCUT2D eigenvalue weighted by molar-refractivity contribution is -0.131. The molecule has 0 aliphatic heterocycles. The Kier molecular flexibility index (Phi) is 6.65. The summed E-state index contributed by atoms with van der Waals surface area (Å²) in [4.78, 5) is 16.4. The maximum absolute atomic E-state index is 13.4. The van der Waals surface area contributed by atoms with E-state index >= 15 is 0 Å². The Labute approximate surface area is 147 Å². The zero-order valence-electron chi connectivity index (χ0n) is 14.9. The lowest BCUT2D eigenvalue weighted by atomic mass is 10.1. The predicted octanol–water partition coefficient (Wildman–Crippen LogP) is 3.41. The van der Waals surface area contributed by atoms with E-state index in [1.807, 2.05) is 50.2 Å². The minimum Gasteiger partial charge on any atom is -0.337 e. The van der Waals surface area contributed by atoms with Crippen LogP contribution in [0, 0.1) is 18.6 Å². The minimum atomic E-state index is -0.892. The van der Waals surface area contributed by atoms with E-state index in [-0.39, 0.29) is 12.5 Å². The normalized spacial score (nSPS) is 11.0. The van der Waals surface area contributed by atoms with Gasteiger partial charge in [-0.15, -0.1) is 0 Å². The molecule has 0 saturated heterocycles. The SMILES string of the molecule is Cc1cccc(CC(=O)N(CCN(C)C)Cc2ccc(F)c(F)c2)c1. The van der Waals surface area contributed by atoms with E-state index in [4.69, 9.17) is 0 Å². The van der Waals surface area contributed by atoms with Crippen LogP contribution in [0.25, 0.3) is 0 Å². The van der Waals surface area contributed by atoms with Crippen LogP contribution >= 0.6 is 0 Å². The predicted molar refractivity (Wildman–Crippen MR) is 95.2 cm³/mol. The summed E-state index contributed by atoms with van der Waals surface area (Å²) < 4.78 is 26.6. The van der Waals surface area contributed by atoms with Gasteiger partial charge in [-0.05, 0) is 44.3 Å². The van der Waals surface area contributed by atoms with Gasteiger partial charge in [0.05, 0.1) is 6.42 Å². The van der Waals surface area contributed by atoms with Crippen LogP contribution < -0.4 is 0 Å². The highest BCUT2D eigenvalue weighted by Crippen LogP contribution is 2.13. The van der Waals surface area contributed by atoms with Gasteiger partial charge in [0.25, 0.3) is 0 Å². The summed E-state index contributed by atoms with van der Waals surface area (Å²) in [5.74, 6) is -1.80. The van der Waals surface area contributed by atoms with Crippen molar-refractivity contribution in [2.45, 2.75) is 19.9 Å². The number of hydrogen-bond acceptors (Lipinski definition) is 2. The van der Waals surface area contributed by atoms with Crippen molar-refractivity contribution in [2.24, 2.45) is 0 Å². The summed E-state index contributed by atoms with van der Waals surface area (Å²) in [7, 11) is 3.86. The highest BCUT2D eigenvalue weighted by atomic mass is 19.2. The number of halogens is 2. The van der Waals surface area contributed by atoms with Gasteiger partial charge in [0.1, 0.15) is 0 Å². The summed E-state index contributed by atoms with van der Waals surface area (Å²) in [6.07, 6.45) is 0.290. The number of benzene rings is 2. The van der Waals surface area contributed by atoms with Crippen molar-refractivity contribution in [1.82, 2.24) is 9.80 Å². The molecule has 2 aromatic carbocycles. The monoisotopic (exact) mass is 346 g/mol. The van der Waals surface area contributed by atoms with Crippen LogP contribution in [-0.2, 0) is 17.8 Å². The first-order valence-electron chi connectivity index (χ1n) is 8.27. The first kappa shape index (κ1) is 19.1. The smallest absolute Gasteiger partial charge is 0.227 e. The van der Waals surface area contributed by atoms with Crippen LogP contribution in [0.4, 0.5) is 8.78 Å². The summed E-state index contributed by atoms with van der Waals surface area (Å²) in [6.45, 7) is 3.47. The molecule has 0 saturated carbocycles. The van der Waals surface area contributed by atoms with Crippen molar-refractivity contribution in [3.63, 3.8) is 0 Å². The van der Waals surface area contributed by atoms with Gasteiger partial charge in [0.2, 0.25) is 5.91 Å². The number of likely N-dealkylation sites (N-methyl/N-ethyl adjacent to an activating group) is 1. The number of carbonyl (C=O) groups excluding carboxylic acids is 1. The van der Waals surface area contributed by atoms with Crippen LogP contribution in [0.3, 0.4) is 0 Å². The Morgan fingerprint density at radius 3 is 2.36 bits per heavy atom. The van der Waals surface area contributed by atoms with Gasteiger partial charge >= 0.3 is 0 Å². The van der Waals surface area contributed by atoms with Gasteiger partial charge in [0.15, 0.2) is 11.6 Å². The van der Waals surface area contributed by atoms with Gasteiger partial charge in [-0.2, -0.15) is 0 Å². The van der Waals surface area contributed by atoms with E-state index in [2.05, 4.69) is 0 Å². The van der Waals surface area contributed by atoms with E-state index < -0.39 is 11.6 Å². The number of nitrogens with zero attached hydrogens (tertiary/aromatic N) is 2. The van der Waals surface area contributed by atoms with E-state index in [1.165, 1.54) is 6.07 Å². The summed E-state index contributed by atoms with van der Waals surface area (Å²) in [6, 6.07) is 11.6. The number of rotatable bonds is 7. The Morgan fingerprint density at radius 2 is 1.72 bits per heavy atom. The molecule has 2 rings (SSSR count). The van der Waals surface area contributed by atoms with Crippen LogP contribution in [0.1, 0.15) is 16.7 Å². The van der Waals surface area contributed by atoms with Crippen LogP contribution in [0.5, 0.6) is 0 Å². The van der Waals surface area contributed by atoms with E-state index in [9.17, 15) is 13.6 Å². The average Bonchev–Trinajstić information content (AvgIpc) is 2.54. The molecule has 0 atom stereocenters. The Morgan fingerprint density at radius 1 is 0.960 bits per heavy atom. The molecule has 0 aliphatic carbocycles. The molecule has 0 aromatic heterocycles. The molecule has 0 unspecified atom stereocenters. The fraction of sp³-hybridized carbons (Fsp3) is 0.350.